The van der Waals surface area contributed by atoms with Gasteiger partial charge in [-0.15, -0.1) is 0 Å². The van der Waals surface area contributed by atoms with Crippen LogP contribution < -0.4 is 15.5 Å². The molecule has 1 aromatic carbocycles. The largest absolute Gasteiger partial charge is 0.363 e. The average molecular weight is 360 g/mol. The number of anilines is 1. The van der Waals surface area contributed by atoms with Gasteiger partial charge in [-0.05, 0) is 48.7 Å². The molecule has 0 aliphatic heterocycles. The summed E-state index contributed by atoms with van der Waals surface area (Å²) >= 11 is 5.92. The standard InChI is InChI=1S/C19H26ClN5/c1-4-21-19(23-12-9-15-5-7-17(20)8-6-15)24-14-16-10-11-22-18(13-16)25(2)3/h5-8,10-11,13H,4,9,12,14H2,1-3H3,(H2,21,23,24). The molecule has 1 heterocycles. The number of halogens is 1. The molecule has 0 fully saturated rings. The monoisotopic (exact) mass is 359 g/mol. The Morgan fingerprint density at radius 2 is 1.88 bits per heavy atom. The van der Waals surface area contributed by atoms with Crippen molar-refractivity contribution < 1.29 is 0 Å². The van der Waals surface area contributed by atoms with Crippen molar-refractivity contribution in [2.24, 2.45) is 4.99 Å². The Labute approximate surface area is 155 Å². The van der Waals surface area contributed by atoms with E-state index in [1.165, 1.54) is 5.56 Å². The van der Waals surface area contributed by atoms with Gasteiger partial charge in [-0.2, -0.15) is 0 Å². The summed E-state index contributed by atoms with van der Waals surface area (Å²) in [5, 5.41) is 7.41. The van der Waals surface area contributed by atoms with Crippen molar-refractivity contribution in [3.05, 3.63) is 58.7 Å². The SMILES string of the molecule is CCNC(=NCc1ccnc(N(C)C)c1)NCCc1ccc(Cl)cc1. The Kier molecular flexibility index (Phi) is 7.54. The van der Waals surface area contributed by atoms with Gasteiger partial charge in [0.1, 0.15) is 5.82 Å². The Hall–Kier alpha value is -2.27. The van der Waals surface area contributed by atoms with E-state index in [9.17, 15) is 0 Å². The number of nitrogens with one attached hydrogen (secondary N) is 2. The molecule has 0 radical (unpaired) electrons. The number of hydrogen-bond acceptors (Lipinski definition) is 3. The lowest BCUT2D eigenvalue weighted by Crippen LogP contribution is -2.38. The molecule has 0 amide bonds. The van der Waals surface area contributed by atoms with Crippen LogP contribution in [0, 0.1) is 0 Å². The maximum Gasteiger partial charge on any atom is 0.191 e. The molecule has 1 aromatic heterocycles. The minimum absolute atomic E-state index is 0.611. The van der Waals surface area contributed by atoms with Crippen LogP contribution in [-0.2, 0) is 13.0 Å². The Balaban J connectivity index is 1.91. The highest BCUT2D eigenvalue weighted by Crippen LogP contribution is 2.11. The van der Waals surface area contributed by atoms with Crippen LogP contribution in [-0.4, -0.2) is 38.1 Å². The Morgan fingerprint density at radius 1 is 1.12 bits per heavy atom. The molecule has 6 heteroatoms. The number of aromatic nitrogens is 1. The number of pyridine rings is 1. The number of aliphatic imine (C=N–C) groups is 1. The second-order valence-electron chi connectivity index (χ2n) is 5.92. The van der Waals surface area contributed by atoms with Gasteiger partial charge in [-0.1, -0.05) is 23.7 Å². The molecule has 0 aliphatic rings. The van der Waals surface area contributed by atoms with E-state index in [1.54, 1.807) is 0 Å². The van der Waals surface area contributed by atoms with E-state index in [0.717, 1.165) is 41.9 Å². The Morgan fingerprint density at radius 3 is 2.56 bits per heavy atom. The summed E-state index contributed by atoms with van der Waals surface area (Å²) in [6.45, 7) is 4.31. The highest BCUT2D eigenvalue weighted by Gasteiger charge is 2.01. The molecule has 0 bridgehead atoms. The average Bonchev–Trinajstić information content (AvgIpc) is 2.61. The van der Waals surface area contributed by atoms with Gasteiger partial charge < -0.3 is 15.5 Å². The molecule has 2 rings (SSSR count). The van der Waals surface area contributed by atoms with Crippen molar-refractivity contribution in [3.63, 3.8) is 0 Å². The van der Waals surface area contributed by atoms with Crippen molar-refractivity contribution in [3.8, 4) is 0 Å². The van der Waals surface area contributed by atoms with Crippen LogP contribution in [0.15, 0.2) is 47.6 Å². The zero-order valence-corrected chi connectivity index (χ0v) is 15.8. The van der Waals surface area contributed by atoms with Crippen molar-refractivity contribution >= 4 is 23.4 Å². The van der Waals surface area contributed by atoms with Crippen molar-refractivity contribution in [2.45, 2.75) is 19.9 Å². The fourth-order valence-corrected chi connectivity index (χ4v) is 2.42. The van der Waals surface area contributed by atoms with Gasteiger partial charge in [-0.3, -0.25) is 0 Å². The number of rotatable bonds is 7. The molecule has 0 spiro atoms. The van der Waals surface area contributed by atoms with Crippen molar-refractivity contribution in [1.82, 2.24) is 15.6 Å². The van der Waals surface area contributed by atoms with E-state index >= 15 is 0 Å². The first-order valence-corrected chi connectivity index (χ1v) is 8.85. The zero-order valence-electron chi connectivity index (χ0n) is 15.1. The maximum atomic E-state index is 5.92. The summed E-state index contributed by atoms with van der Waals surface area (Å²) in [6.07, 6.45) is 2.74. The minimum atomic E-state index is 0.611. The quantitative estimate of drug-likeness (QED) is 0.589. The Bertz CT molecular complexity index is 682. The van der Waals surface area contributed by atoms with Crippen LogP contribution in [0.5, 0.6) is 0 Å². The van der Waals surface area contributed by atoms with E-state index in [-0.39, 0.29) is 0 Å². The lowest BCUT2D eigenvalue weighted by atomic mass is 10.1. The van der Waals surface area contributed by atoms with Crippen LogP contribution in [0.1, 0.15) is 18.1 Å². The highest BCUT2D eigenvalue weighted by molar-refractivity contribution is 6.30. The van der Waals surface area contributed by atoms with Crippen molar-refractivity contribution in [2.75, 3.05) is 32.1 Å². The van der Waals surface area contributed by atoms with Gasteiger partial charge in [0.15, 0.2) is 5.96 Å². The van der Waals surface area contributed by atoms with Gasteiger partial charge in [-0.25, -0.2) is 9.98 Å². The molecule has 0 saturated carbocycles. The summed E-state index contributed by atoms with van der Waals surface area (Å²) < 4.78 is 0. The first-order valence-electron chi connectivity index (χ1n) is 8.47. The normalized spacial score (nSPS) is 11.3. The predicted octanol–water partition coefficient (Wildman–Crippen LogP) is 3.10. The number of guanidine groups is 1. The highest BCUT2D eigenvalue weighted by atomic mass is 35.5. The van der Waals surface area contributed by atoms with E-state index in [2.05, 4.69) is 33.6 Å². The molecule has 0 aliphatic carbocycles. The first-order chi connectivity index (χ1) is 12.1. The third-order valence-corrected chi connectivity index (χ3v) is 3.90. The predicted molar refractivity (Wildman–Crippen MR) is 107 cm³/mol. The van der Waals surface area contributed by atoms with Gasteiger partial charge >= 0.3 is 0 Å². The number of benzene rings is 1. The lowest BCUT2D eigenvalue weighted by Gasteiger charge is -2.13. The lowest BCUT2D eigenvalue weighted by molar-refractivity contribution is 0.799. The summed E-state index contributed by atoms with van der Waals surface area (Å²) in [7, 11) is 3.97. The smallest absolute Gasteiger partial charge is 0.191 e. The molecule has 0 saturated heterocycles. The molecular formula is C19H26ClN5. The van der Waals surface area contributed by atoms with E-state index < -0.39 is 0 Å². The number of nitrogens with zero attached hydrogens (tertiary/aromatic N) is 3. The zero-order chi connectivity index (χ0) is 18.1. The first kappa shape index (κ1) is 19.1. The van der Waals surface area contributed by atoms with Gasteiger partial charge in [0.25, 0.3) is 0 Å². The third-order valence-electron chi connectivity index (χ3n) is 3.65. The van der Waals surface area contributed by atoms with Crippen LogP contribution >= 0.6 is 11.6 Å². The summed E-state index contributed by atoms with van der Waals surface area (Å²) in [6, 6.07) is 12.0. The van der Waals surface area contributed by atoms with Crippen LogP contribution in [0.3, 0.4) is 0 Å². The second kappa shape index (κ2) is 9.89. The van der Waals surface area contributed by atoms with E-state index in [1.807, 2.05) is 55.5 Å². The molecule has 0 atom stereocenters. The van der Waals surface area contributed by atoms with Crippen LogP contribution in [0.25, 0.3) is 0 Å². The molecule has 0 unspecified atom stereocenters. The summed E-state index contributed by atoms with van der Waals surface area (Å²) in [5.41, 5.74) is 2.38. The molecule has 25 heavy (non-hydrogen) atoms. The second-order valence-corrected chi connectivity index (χ2v) is 6.35. The molecule has 134 valence electrons. The van der Waals surface area contributed by atoms with Gasteiger partial charge in [0, 0.05) is 38.4 Å². The van der Waals surface area contributed by atoms with E-state index in [4.69, 9.17) is 11.6 Å². The molecule has 2 aromatic rings. The maximum absolute atomic E-state index is 5.92. The minimum Gasteiger partial charge on any atom is -0.363 e. The van der Waals surface area contributed by atoms with Crippen molar-refractivity contribution in [1.29, 1.82) is 0 Å². The molecule has 2 N–H and O–H groups in total. The molecular weight excluding hydrogens is 334 g/mol. The fraction of sp³-hybridized carbons (Fsp3) is 0.368. The summed E-state index contributed by atoms with van der Waals surface area (Å²) in [4.78, 5) is 11.0. The van der Waals surface area contributed by atoms with Gasteiger partial charge in [0.2, 0.25) is 0 Å². The van der Waals surface area contributed by atoms with Crippen LogP contribution in [0.4, 0.5) is 5.82 Å². The topological polar surface area (TPSA) is 52.6 Å². The third kappa shape index (κ3) is 6.63. The van der Waals surface area contributed by atoms with Gasteiger partial charge in [0.05, 0.1) is 6.54 Å². The fourth-order valence-electron chi connectivity index (χ4n) is 2.29. The van der Waals surface area contributed by atoms with E-state index in [0.29, 0.717) is 6.54 Å². The molecule has 5 nitrogen and oxygen atoms in total. The number of hydrogen-bond donors (Lipinski definition) is 2. The van der Waals surface area contributed by atoms with Crippen LogP contribution in [0.2, 0.25) is 5.02 Å². The summed E-state index contributed by atoms with van der Waals surface area (Å²) in [5.74, 6) is 1.76.